The number of ether oxygens (including phenoxy) is 3. The molecule has 2 aromatic rings. The molecule has 0 radical (unpaired) electrons. The number of benzene rings is 1. The number of methoxy groups -OCH3 is 2. The van der Waals surface area contributed by atoms with Crippen LogP contribution in [0.3, 0.4) is 0 Å². The van der Waals surface area contributed by atoms with Gasteiger partial charge >= 0.3 is 5.97 Å². The molecular formula is C21H26N2O4S2. The Labute approximate surface area is 180 Å². The maximum absolute atomic E-state index is 12.5. The van der Waals surface area contributed by atoms with Crippen molar-refractivity contribution in [3.05, 3.63) is 39.8 Å². The van der Waals surface area contributed by atoms with Crippen molar-refractivity contribution in [2.45, 2.75) is 39.2 Å². The summed E-state index contributed by atoms with van der Waals surface area (Å²) in [5.41, 5.74) is 2.76. The molecule has 156 valence electrons. The van der Waals surface area contributed by atoms with Crippen LogP contribution in [0.1, 0.15) is 46.1 Å². The van der Waals surface area contributed by atoms with E-state index in [1.165, 1.54) is 4.88 Å². The van der Waals surface area contributed by atoms with Crippen molar-refractivity contribution in [2.75, 3.05) is 26.1 Å². The van der Waals surface area contributed by atoms with Crippen LogP contribution in [-0.2, 0) is 24.1 Å². The van der Waals surface area contributed by atoms with Crippen molar-refractivity contribution in [1.82, 2.24) is 5.32 Å². The van der Waals surface area contributed by atoms with Crippen molar-refractivity contribution in [3.63, 3.8) is 0 Å². The Morgan fingerprint density at radius 3 is 2.66 bits per heavy atom. The van der Waals surface area contributed by atoms with Gasteiger partial charge in [-0.25, -0.2) is 4.79 Å². The van der Waals surface area contributed by atoms with Crippen LogP contribution < -0.4 is 20.1 Å². The third-order valence-electron chi connectivity index (χ3n) is 4.78. The van der Waals surface area contributed by atoms with E-state index in [0.717, 1.165) is 41.8 Å². The Balaban J connectivity index is 1.70. The highest BCUT2D eigenvalue weighted by atomic mass is 32.1. The molecule has 1 aromatic carbocycles. The lowest BCUT2D eigenvalue weighted by Crippen LogP contribution is -2.28. The van der Waals surface area contributed by atoms with E-state index in [2.05, 4.69) is 10.6 Å². The number of carbonyl (C=O) groups excluding carboxylic acids is 1. The standard InChI is InChI=1S/C21H26N2O4S2/c1-4-27-20(24)18-14-7-5-6-8-17(14)29-19(18)23-21(28)22-12-13-9-10-15(25-2)16(11-13)26-3/h9-11H,4-8,12H2,1-3H3,(H2,22,23,28). The first-order valence-electron chi connectivity index (χ1n) is 9.64. The molecule has 0 amide bonds. The van der Waals surface area contributed by atoms with Crippen LogP contribution in [0.25, 0.3) is 0 Å². The van der Waals surface area contributed by atoms with Crippen LogP contribution >= 0.6 is 23.6 Å². The van der Waals surface area contributed by atoms with Crippen LogP contribution in [-0.4, -0.2) is 31.9 Å². The molecule has 0 spiro atoms. The third kappa shape index (κ3) is 5.00. The number of thiocarbonyl (C=S) groups is 1. The normalized spacial score (nSPS) is 12.7. The predicted octanol–water partition coefficient (Wildman–Crippen LogP) is 4.31. The number of esters is 1. The Kier molecular flexibility index (Phi) is 7.33. The Morgan fingerprint density at radius 1 is 1.17 bits per heavy atom. The summed E-state index contributed by atoms with van der Waals surface area (Å²) >= 11 is 7.07. The molecule has 0 bridgehead atoms. The summed E-state index contributed by atoms with van der Waals surface area (Å²) in [5, 5.41) is 7.63. The third-order valence-corrected chi connectivity index (χ3v) is 6.23. The zero-order valence-corrected chi connectivity index (χ0v) is 18.6. The molecule has 1 aliphatic rings. The largest absolute Gasteiger partial charge is 0.493 e. The summed E-state index contributed by atoms with van der Waals surface area (Å²) in [6, 6.07) is 5.71. The van der Waals surface area contributed by atoms with Gasteiger partial charge in [-0.3, -0.25) is 0 Å². The minimum atomic E-state index is -0.280. The molecule has 0 saturated carbocycles. The SMILES string of the molecule is CCOC(=O)c1c(NC(=S)NCc2ccc(OC)c(OC)c2)sc2c1CCCC2. The lowest BCUT2D eigenvalue weighted by atomic mass is 9.95. The molecule has 0 fully saturated rings. The number of carbonyl (C=O) groups is 1. The van der Waals surface area contributed by atoms with Crippen LogP contribution in [0.2, 0.25) is 0 Å². The number of anilines is 1. The second-order valence-corrected chi connectivity index (χ2v) is 8.15. The van der Waals surface area contributed by atoms with E-state index in [-0.39, 0.29) is 5.97 Å². The Morgan fingerprint density at radius 2 is 1.93 bits per heavy atom. The van der Waals surface area contributed by atoms with Crippen LogP contribution in [0.4, 0.5) is 5.00 Å². The first-order chi connectivity index (χ1) is 14.1. The molecule has 0 saturated heterocycles. The van der Waals surface area contributed by atoms with Gasteiger partial charge < -0.3 is 24.8 Å². The van der Waals surface area contributed by atoms with Gasteiger partial charge in [-0.05, 0) is 68.1 Å². The average Bonchev–Trinajstić information content (AvgIpc) is 3.09. The molecule has 1 heterocycles. The lowest BCUT2D eigenvalue weighted by molar-refractivity contribution is 0.0526. The number of aryl methyl sites for hydroxylation is 1. The summed E-state index contributed by atoms with van der Waals surface area (Å²) in [4.78, 5) is 13.8. The highest BCUT2D eigenvalue weighted by Crippen LogP contribution is 2.38. The number of hydrogen-bond acceptors (Lipinski definition) is 6. The van der Waals surface area contributed by atoms with Gasteiger partial charge in [0.25, 0.3) is 0 Å². The molecule has 0 aliphatic heterocycles. The summed E-state index contributed by atoms with van der Waals surface area (Å²) in [5.74, 6) is 1.07. The fourth-order valence-corrected chi connectivity index (χ4v) is 4.91. The fourth-order valence-electron chi connectivity index (χ4n) is 3.39. The summed E-state index contributed by atoms with van der Waals surface area (Å²) in [6.45, 7) is 2.69. The summed E-state index contributed by atoms with van der Waals surface area (Å²) in [6.07, 6.45) is 4.15. The van der Waals surface area contributed by atoms with Crippen molar-refractivity contribution in [3.8, 4) is 11.5 Å². The van der Waals surface area contributed by atoms with E-state index < -0.39 is 0 Å². The van der Waals surface area contributed by atoms with E-state index in [4.69, 9.17) is 26.4 Å². The van der Waals surface area contributed by atoms with Gasteiger partial charge in [0.2, 0.25) is 0 Å². The monoisotopic (exact) mass is 434 g/mol. The van der Waals surface area contributed by atoms with Crippen LogP contribution in [0.5, 0.6) is 11.5 Å². The van der Waals surface area contributed by atoms with Gasteiger partial charge in [-0.15, -0.1) is 11.3 Å². The molecule has 1 aromatic heterocycles. The molecule has 8 heteroatoms. The second kappa shape index (κ2) is 9.93. The molecule has 2 N–H and O–H groups in total. The summed E-state index contributed by atoms with van der Waals surface area (Å²) < 4.78 is 15.9. The zero-order chi connectivity index (χ0) is 20.8. The molecule has 0 atom stereocenters. The average molecular weight is 435 g/mol. The maximum Gasteiger partial charge on any atom is 0.341 e. The van der Waals surface area contributed by atoms with E-state index in [1.807, 2.05) is 25.1 Å². The molecule has 1 aliphatic carbocycles. The number of nitrogens with one attached hydrogen (secondary N) is 2. The van der Waals surface area contributed by atoms with Gasteiger partial charge in [0.15, 0.2) is 16.6 Å². The maximum atomic E-state index is 12.5. The second-order valence-electron chi connectivity index (χ2n) is 6.63. The number of hydrogen-bond donors (Lipinski definition) is 2. The van der Waals surface area contributed by atoms with Gasteiger partial charge in [0.05, 0.1) is 26.4 Å². The lowest BCUT2D eigenvalue weighted by Gasteiger charge is -2.14. The highest BCUT2D eigenvalue weighted by Gasteiger charge is 2.26. The van der Waals surface area contributed by atoms with Crippen LogP contribution in [0, 0.1) is 0 Å². The zero-order valence-electron chi connectivity index (χ0n) is 16.9. The smallest absolute Gasteiger partial charge is 0.341 e. The van der Waals surface area contributed by atoms with Gasteiger partial charge in [0, 0.05) is 11.4 Å². The van der Waals surface area contributed by atoms with Crippen molar-refractivity contribution >= 4 is 39.6 Å². The van der Waals surface area contributed by atoms with E-state index in [0.29, 0.717) is 35.3 Å². The number of fused-ring (bicyclic) bond motifs is 1. The van der Waals surface area contributed by atoms with E-state index in [9.17, 15) is 4.79 Å². The Hall–Kier alpha value is -2.32. The topological polar surface area (TPSA) is 68.8 Å². The molecule has 6 nitrogen and oxygen atoms in total. The van der Waals surface area contributed by atoms with Crippen LogP contribution in [0.15, 0.2) is 18.2 Å². The molecular weight excluding hydrogens is 408 g/mol. The van der Waals surface area contributed by atoms with Crippen molar-refractivity contribution in [2.24, 2.45) is 0 Å². The minimum Gasteiger partial charge on any atom is -0.493 e. The fraction of sp³-hybridized carbons (Fsp3) is 0.429. The van der Waals surface area contributed by atoms with Gasteiger partial charge in [-0.2, -0.15) is 0 Å². The highest BCUT2D eigenvalue weighted by molar-refractivity contribution is 7.80. The molecule has 29 heavy (non-hydrogen) atoms. The van der Waals surface area contributed by atoms with E-state index >= 15 is 0 Å². The molecule has 0 unspecified atom stereocenters. The first kappa shape index (κ1) is 21.4. The predicted molar refractivity (Wildman–Crippen MR) is 120 cm³/mol. The Bertz CT molecular complexity index is 895. The number of thiophene rings is 1. The van der Waals surface area contributed by atoms with E-state index in [1.54, 1.807) is 25.6 Å². The summed E-state index contributed by atoms with van der Waals surface area (Å²) in [7, 11) is 3.22. The quantitative estimate of drug-likeness (QED) is 0.497. The van der Waals surface area contributed by atoms with Crippen molar-refractivity contribution in [1.29, 1.82) is 0 Å². The molecule has 3 rings (SSSR count). The van der Waals surface area contributed by atoms with Gasteiger partial charge in [0.1, 0.15) is 5.00 Å². The minimum absolute atomic E-state index is 0.280. The van der Waals surface area contributed by atoms with Crippen molar-refractivity contribution < 1.29 is 19.0 Å². The number of rotatable bonds is 7. The first-order valence-corrected chi connectivity index (χ1v) is 10.9. The van der Waals surface area contributed by atoms with Gasteiger partial charge in [-0.1, -0.05) is 6.07 Å².